The van der Waals surface area contributed by atoms with Gasteiger partial charge in [-0.05, 0) is 86.3 Å². The van der Waals surface area contributed by atoms with Gasteiger partial charge >= 0.3 is 18.0 Å². The number of fused-ring (bicyclic) bond motifs is 5. The van der Waals surface area contributed by atoms with Gasteiger partial charge in [0.05, 0.1) is 10.9 Å². The molecule has 1 saturated carbocycles. The number of hydrogen-bond donors (Lipinski definition) is 0. The Labute approximate surface area is 266 Å². The second-order valence-corrected chi connectivity index (χ2v) is 15.4. The summed E-state index contributed by atoms with van der Waals surface area (Å²) in [5.74, 6) is -1.49. The summed E-state index contributed by atoms with van der Waals surface area (Å²) in [6.07, 6.45) is -11.0. The molecule has 2 bridgehead atoms. The minimum absolute atomic E-state index is 0.0791. The molecule has 15 heteroatoms. The van der Waals surface area contributed by atoms with Crippen molar-refractivity contribution in [1.82, 2.24) is 9.80 Å². The Hall–Kier alpha value is -3.23. The molecule has 2 aliphatic carbocycles. The van der Waals surface area contributed by atoms with Gasteiger partial charge in [-0.25, -0.2) is 17.2 Å². The fourth-order valence-electron chi connectivity index (χ4n) is 8.49. The number of aryl methyl sites for hydroxylation is 1. The van der Waals surface area contributed by atoms with Crippen LogP contribution < -0.4 is 0 Å². The van der Waals surface area contributed by atoms with E-state index in [1.165, 1.54) is 11.8 Å². The number of benzene rings is 2. The maximum atomic E-state index is 15.1. The minimum Gasteiger partial charge on any atom is -0.340 e. The van der Waals surface area contributed by atoms with Crippen molar-refractivity contribution in [2.24, 2.45) is 11.8 Å². The normalized spacial score (nSPS) is 28.1. The Morgan fingerprint density at radius 1 is 0.872 bits per heavy atom. The van der Waals surface area contributed by atoms with Gasteiger partial charge in [0.1, 0.15) is 10.6 Å². The smallest absolute Gasteiger partial charge is 0.340 e. The van der Waals surface area contributed by atoms with E-state index in [2.05, 4.69) is 0 Å². The third-order valence-corrected chi connectivity index (χ3v) is 13.2. The third-order valence-electron chi connectivity index (χ3n) is 10.7. The monoisotopic (exact) mass is 692 g/mol. The highest BCUT2D eigenvalue weighted by Gasteiger charge is 2.74. The van der Waals surface area contributed by atoms with Crippen LogP contribution >= 0.6 is 0 Å². The quantitative estimate of drug-likeness (QED) is 0.276. The van der Waals surface area contributed by atoms with Crippen LogP contribution in [0.4, 0.5) is 35.1 Å². The van der Waals surface area contributed by atoms with Crippen molar-refractivity contribution in [1.29, 1.82) is 0 Å². The summed E-state index contributed by atoms with van der Waals surface area (Å²) in [6.45, 7) is 1.99. The van der Waals surface area contributed by atoms with E-state index in [4.69, 9.17) is 0 Å². The van der Waals surface area contributed by atoms with Crippen LogP contribution in [-0.2, 0) is 36.3 Å². The van der Waals surface area contributed by atoms with Crippen LogP contribution in [0.1, 0.15) is 62.1 Å². The number of carbonyl (C=O) groups excluding carboxylic acids is 2. The number of nitrogens with zero attached hydrogens (tertiary/aromatic N) is 2. The van der Waals surface area contributed by atoms with Crippen molar-refractivity contribution < 1.29 is 53.1 Å². The van der Waals surface area contributed by atoms with Crippen LogP contribution in [0.15, 0.2) is 47.4 Å². The lowest BCUT2D eigenvalue weighted by molar-refractivity contribution is -0.348. The van der Waals surface area contributed by atoms with Gasteiger partial charge < -0.3 is 9.80 Å². The number of carbonyl (C=O) groups is 2. The number of hydrogen-bond acceptors (Lipinski definition) is 4. The summed E-state index contributed by atoms with van der Waals surface area (Å²) in [5, 5.41) is 0. The lowest BCUT2D eigenvalue weighted by Crippen LogP contribution is -2.54. The molecule has 2 saturated heterocycles. The molecular formula is C32H32F8N2O4S. The first kappa shape index (κ1) is 33.7. The molecule has 2 aliphatic heterocycles. The van der Waals surface area contributed by atoms with E-state index in [9.17, 15) is 48.7 Å². The molecule has 6 nitrogen and oxygen atoms in total. The molecule has 0 radical (unpaired) electrons. The molecule has 2 aromatic rings. The summed E-state index contributed by atoms with van der Waals surface area (Å²) in [6, 6.07) is 4.18. The number of sulfone groups is 1. The highest BCUT2D eigenvalue weighted by Crippen LogP contribution is 2.57. The summed E-state index contributed by atoms with van der Waals surface area (Å²) in [7, 11) is -4.58. The maximum absolute atomic E-state index is 15.1. The van der Waals surface area contributed by atoms with Crippen molar-refractivity contribution in [2.75, 3.05) is 13.1 Å². The predicted octanol–water partition coefficient (Wildman–Crippen LogP) is 6.37. The second kappa shape index (κ2) is 11.2. The zero-order chi connectivity index (χ0) is 34.3. The molecule has 1 unspecified atom stereocenters. The predicted molar refractivity (Wildman–Crippen MR) is 152 cm³/mol. The molecule has 5 atom stereocenters. The van der Waals surface area contributed by atoms with Crippen molar-refractivity contribution in [2.45, 2.75) is 91.6 Å². The Kier molecular flexibility index (Phi) is 7.99. The average molecular weight is 693 g/mol. The molecular weight excluding hydrogens is 660 g/mol. The van der Waals surface area contributed by atoms with Crippen molar-refractivity contribution in [3.8, 4) is 0 Å². The second-order valence-electron chi connectivity index (χ2n) is 13.1. The van der Waals surface area contributed by atoms with Crippen LogP contribution in [-0.4, -0.2) is 67.6 Å². The zero-order valence-corrected chi connectivity index (χ0v) is 26.0. The number of likely N-dealkylation sites (tertiary alicyclic amines) is 2. The Morgan fingerprint density at radius 2 is 1.53 bits per heavy atom. The first-order valence-electron chi connectivity index (χ1n) is 15.4. The van der Waals surface area contributed by atoms with E-state index in [0.29, 0.717) is 37.9 Å². The molecule has 3 fully saturated rings. The Morgan fingerprint density at radius 3 is 2.15 bits per heavy atom. The Balaban J connectivity index is 1.44. The van der Waals surface area contributed by atoms with Gasteiger partial charge in [-0.2, -0.15) is 26.3 Å². The van der Waals surface area contributed by atoms with Crippen molar-refractivity contribution in [3.05, 3.63) is 65.0 Å². The third kappa shape index (κ3) is 5.04. The lowest BCUT2D eigenvalue weighted by Gasteiger charge is -2.43. The minimum atomic E-state index is -6.36. The van der Waals surface area contributed by atoms with E-state index >= 15 is 4.39 Å². The number of halogens is 8. The van der Waals surface area contributed by atoms with E-state index in [1.54, 1.807) is 4.90 Å². The van der Waals surface area contributed by atoms with Crippen LogP contribution in [0.25, 0.3) is 0 Å². The molecule has 2 amide bonds. The zero-order valence-electron chi connectivity index (χ0n) is 25.2. The molecule has 0 N–H and O–H groups in total. The molecule has 6 rings (SSSR count). The van der Waals surface area contributed by atoms with Gasteiger partial charge in [0.15, 0.2) is 9.84 Å². The van der Waals surface area contributed by atoms with Crippen LogP contribution in [0, 0.1) is 17.7 Å². The molecule has 2 aromatic carbocycles. The molecule has 256 valence electrons. The summed E-state index contributed by atoms with van der Waals surface area (Å²) in [4.78, 5) is 29.3. The summed E-state index contributed by atoms with van der Waals surface area (Å²) < 4.78 is 138. The van der Waals surface area contributed by atoms with E-state index < -0.39 is 55.9 Å². The van der Waals surface area contributed by atoms with E-state index in [0.717, 1.165) is 36.8 Å². The standard InChI is InChI=1S/C32H32F8N2O4S/c1-18(43)42-17-19-2-3-21(16-24(42)14-19)28(44)41-13-12-29(47(45,46)25-8-6-23(33)7-9-25)26-10-5-22(15-20(26)4-11-27(29)41)30(34,31(35,36)37)32(38,39)40/h5-10,15,19,21,24,27H,2-4,11-14,16-17H2,1H3/t19?,21-,24+,27+,29+/m1/s1. The van der Waals surface area contributed by atoms with Gasteiger partial charge in [0.25, 0.3) is 0 Å². The van der Waals surface area contributed by atoms with Crippen LogP contribution in [0.2, 0.25) is 0 Å². The summed E-state index contributed by atoms with van der Waals surface area (Å²) in [5.41, 5.74) is -7.76. The average Bonchev–Trinajstić information content (AvgIpc) is 3.52. The largest absolute Gasteiger partial charge is 0.435 e. The van der Waals surface area contributed by atoms with Gasteiger partial charge in [0, 0.05) is 37.5 Å². The molecule has 47 heavy (non-hydrogen) atoms. The van der Waals surface area contributed by atoms with Gasteiger partial charge in [-0.1, -0.05) is 18.2 Å². The first-order valence-corrected chi connectivity index (χ1v) is 16.9. The van der Waals surface area contributed by atoms with E-state index in [1.807, 2.05) is 0 Å². The van der Waals surface area contributed by atoms with E-state index in [-0.39, 0.29) is 65.6 Å². The lowest BCUT2D eigenvalue weighted by atomic mass is 9.76. The van der Waals surface area contributed by atoms with Gasteiger partial charge in [0.2, 0.25) is 11.8 Å². The van der Waals surface area contributed by atoms with Crippen molar-refractivity contribution in [3.63, 3.8) is 0 Å². The highest BCUT2D eigenvalue weighted by molar-refractivity contribution is 7.92. The summed E-state index contributed by atoms with van der Waals surface area (Å²) >= 11 is 0. The van der Waals surface area contributed by atoms with Crippen LogP contribution in [0.5, 0.6) is 0 Å². The number of amides is 2. The molecule has 0 spiro atoms. The number of alkyl halides is 7. The van der Waals surface area contributed by atoms with Crippen LogP contribution in [0.3, 0.4) is 0 Å². The highest BCUT2D eigenvalue weighted by atomic mass is 32.2. The SMILES string of the molecule is CC(=O)N1CC2CC[C@@H](C(=O)N3CC[C@]4(S(=O)(=O)c5ccc(F)cc5)c5ccc(C(F)(C(F)(F)F)C(F)(F)F)cc5CC[C@H]34)C[C@@H]1C2. The fraction of sp³-hybridized carbons (Fsp3) is 0.562. The molecule has 2 heterocycles. The molecule has 4 aliphatic rings. The maximum Gasteiger partial charge on any atom is 0.435 e. The first-order chi connectivity index (χ1) is 21.8. The number of rotatable bonds is 4. The fourth-order valence-corrected chi connectivity index (χ4v) is 10.9. The Bertz CT molecular complexity index is 1680. The van der Waals surface area contributed by atoms with Gasteiger partial charge in [-0.15, -0.1) is 0 Å². The molecule has 0 aromatic heterocycles. The van der Waals surface area contributed by atoms with Crippen molar-refractivity contribution >= 4 is 21.7 Å². The topological polar surface area (TPSA) is 74.8 Å². The van der Waals surface area contributed by atoms with Gasteiger partial charge in [-0.3, -0.25) is 9.59 Å².